The number of benzene rings is 2. The van der Waals surface area contributed by atoms with Crippen LogP contribution >= 0.6 is 11.6 Å². The smallest absolute Gasteiger partial charge is 0.254 e. The van der Waals surface area contributed by atoms with Crippen LogP contribution in [0.15, 0.2) is 42.5 Å². The van der Waals surface area contributed by atoms with Gasteiger partial charge in [0, 0.05) is 29.9 Å². The molecule has 0 bridgehead atoms. The zero-order valence-electron chi connectivity index (χ0n) is 10.9. The van der Waals surface area contributed by atoms with Crippen molar-refractivity contribution in [3.63, 3.8) is 0 Å². The molecule has 0 unspecified atom stereocenters. The summed E-state index contributed by atoms with van der Waals surface area (Å²) in [4.78, 5) is 13.8. The van der Waals surface area contributed by atoms with Gasteiger partial charge < -0.3 is 10.6 Å². The number of anilines is 1. The van der Waals surface area contributed by atoms with E-state index in [1.165, 1.54) is 17.0 Å². The molecule has 20 heavy (non-hydrogen) atoms. The lowest BCUT2D eigenvalue weighted by molar-refractivity contribution is 0.0785. The summed E-state index contributed by atoms with van der Waals surface area (Å²) in [7, 11) is 1.67. The largest absolute Gasteiger partial charge is 0.399 e. The Balaban J connectivity index is 2.14. The lowest BCUT2D eigenvalue weighted by Crippen LogP contribution is -2.26. The van der Waals surface area contributed by atoms with Gasteiger partial charge in [0.05, 0.1) is 0 Å². The molecule has 0 aromatic heterocycles. The number of amides is 1. The molecule has 0 aliphatic carbocycles. The molecule has 0 radical (unpaired) electrons. The third-order valence-corrected chi connectivity index (χ3v) is 3.06. The van der Waals surface area contributed by atoms with E-state index < -0.39 is 0 Å². The van der Waals surface area contributed by atoms with Gasteiger partial charge in [-0.2, -0.15) is 0 Å². The minimum absolute atomic E-state index is 0.191. The van der Waals surface area contributed by atoms with Gasteiger partial charge in [0.25, 0.3) is 5.91 Å². The van der Waals surface area contributed by atoms with Gasteiger partial charge in [-0.05, 0) is 35.9 Å². The van der Waals surface area contributed by atoms with Crippen molar-refractivity contribution in [2.45, 2.75) is 6.54 Å². The maximum atomic E-state index is 12.8. The van der Waals surface area contributed by atoms with Gasteiger partial charge in [0.2, 0.25) is 0 Å². The highest BCUT2D eigenvalue weighted by Gasteiger charge is 2.13. The van der Waals surface area contributed by atoms with E-state index in [0.717, 1.165) is 5.56 Å². The summed E-state index contributed by atoms with van der Waals surface area (Å²) in [5.41, 5.74) is 7.39. The topological polar surface area (TPSA) is 46.3 Å². The highest BCUT2D eigenvalue weighted by atomic mass is 35.5. The quantitative estimate of drug-likeness (QED) is 0.882. The first-order chi connectivity index (χ1) is 9.45. The van der Waals surface area contributed by atoms with Crippen LogP contribution in [0.1, 0.15) is 15.9 Å². The van der Waals surface area contributed by atoms with Gasteiger partial charge in [-0.15, -0.1) is 0 Å². The number of halogens is 2. The Hall–Kier alpha value is -2.07. The molecule has 2 rings (SSSR count). The lowest BCUT2D eigenvalue weighted by atomic mass is 10.1. The zero-order valence-corrected chi connectivity index (χ0v) is 11.7. The Labute approximate surface area is 121 Å². The zero-order chi connectivity index (χ0) is 14.7. The van der Waals surface area contributed by atoms with Crippen molar-refractivity contribution in [2.75, 3.05) is 12.8 Å². The molecule has 0 atom stereocenters. The van der Waals surface area contributed by atoms with Gasteiger partial charge in [-0.1, -0.05) is 23.7 Å². The molecule has 0 saturated heterocycles. The second-order valence-corrected chi connectivity index (χ2v) is 5.00. The fourth-order valence-electron chi connectivity index (χ4n) is 1.89. The summed E-state index contributed by atoms with van der Waals surface area (Å²) < 4.78 is 12.8. The second kappa shape index (κ2) is 5.92. The standard InChI is InChI=1S/C15H14ClFN2O/c1-19(9-10-2-4-13(17)5-3-10)15(20)11-6-12(16)8-14(18)7-11/h2-8H,9,18H2,1H3. The Morgan fingerprint density at radius 2 is 1.90 bits per heavy atom. The molecule has 0 saturated carbocycles. The Bertz CT molecular complexity index is 608. The highest BCUT2D eigenvalue weighted by molar-refractivity contribution is 6.31. The predicted octanol–water partition coefficient (Wildman–Crippen LogP) is 3.33. The summed E-state index contributed by atoms with van der Waals surface area (Å²) in [6.07, 6.45) is 0. The molecular formula is C15H14ClFN2O. The van der Waals surface area contributed by atoms with Crippen LogP contribution in [0.25, 0.3) is 0 Å². The van der Waals surface area contributed by atoms with Crippen LogP contribution in [-0.2, 0) is 6.54 Å². The van der Waals surface area contributed by atoms with Gasteiger partial charge in [0.15, 0.2) is 0 Å². The van der Waals surface area contributed by atoms with E-state index in [-0.39, 0.29) is 11.7 Å². The monoisotopic (exact) mass is 292 g/mol. The van der Waals surface area contributed by atoms with Crippen molar-refractivity contribution in [3.8, 4) is 0 Å². The van der Waals surface area contributed by atoms with E-state index in [4.69, 9.17) is 17.3 Å². The second-order valence-electron chi connectivity index (χ2n) is 4.56. The Kier molecular flexibility index (Phi) is 4.25. The highest BCUT2D eigenvalue weighted by Crippen LogP contribution is 2.18. The number of hydrogen-bond donors (Lipinski definition) is 1. The van der Waals surface area contributed by atoms with E-state index in [1.807, 2.05) is 0 Å². The fourth-order valence-corrected chi connectivity index (χ4v) is 2.14. The molecule has 2 aromatic rings. The molecule has 0 aliphatic heterocycles. The number of nitrogens with zero attached hydrogens (tertiary/aromatic N) is 1. The van der Waals surface area contributed by atoms with Crippen LogP contribution in [0.2, 0.25) is 5.02 Å². The molecule has 3 nitrogen and oxygen atoms in total. The molecule has 104 valence electrons. The van der Waals surface area contributed by atoms with E-state index in [0.29, 0.717) is 22.8 Å². The number of carbonyl (C=O) groups excluding carboxylic acids is 1. The van der Waals surface area contributed by atoms with Crippen LogP contribution in [0, 0.1) is 5.82 Å². The average molecular weight is 293 g/mol. The first-order valence-corrected chi connectivity index (χ1v) is 6.39. The van der Waals surface area contributed by atoms with Gasteiger partial charge in [0.1, 0.15) is 5.82 Å². The van der Waals surface area contributed by atoms with Crippen molar-refractivity contribution >= 4 is 23.2 Å². The molecule has 0 heterocycles. The molecule has 5 heteroatoms. The molecule has 0 spiro atoms. The number of rotatable bonds is 3. The van der Waals surface area contributed by atoms with Crippen molar-refractivity contribution in [1.82, 2.24) is 4.90 Å². The summed E-state index contributed by atoms with van der Waals surface area (Å²) in [6.45, 7) is 0.380. The molecule has 2 N–H and O–H groups in total. The van der Waals surface area contributed by atoms with Crippen LogP contribution in [-0.4, -0.2) is 17.9 Å². The van der Waals surface area contributed by atoms with Gasteiger partial charge in [-0.3, -0.25) is 4.79 Å². The van der Waals surface area contributed by atoms with E-state index in [2.05, 4.69) is 0 Å². The van der Waals surface area contributed by atoms with Crippen molar-refractivity contribution in [1.29, 1.82) is 0 Å². The molecule has 0 aliphatic rings. The van der Waals surface area contributed by atoms with Crippen molar-refractivity contribution in [2.24, 2.45) is 0 Å². The maximum absolute atomic E-state index is 12.8. The average Bonchev–Trinajstić information content (AvgIpc) is 2.39. The van der Waals surface area contributed by atoms with Crippen LogP contribution in [0.4, 0.5) is 10.1 Å². The fraction of sp³-hybridized carbons (Fsp3) is 0.133. The Morgan fingerprint density at radius 1 is 1.25 bits per heavy atom. The van der Waals surface area contributed by atoms with Gasteiger partial charge >= 0.3 is 0 Å². The number of carbonyl (C=O) groups is 1. The molecule has 2 aromatic carbocycles. The minimum Gasteiger partial charge on any atom is -0.399 e. The molecule has 0 fully saturated rings. The molecular weight excluding hydrogens is 279 g/mol. The van der Waals surface area contributed by atoms with E-state index >= 15 is 0 Å². The van der Waals surface area contributed by atoms with E-state index in [1.54, 1.807) is 37.4 Å². The first kappa shape index (κ1) is 14.3. The van der Waals surface area contributed by atoms with Crippen molar-refractivity contribution in [3.05, 3.63) is 64.4 Å². The third kappa shape index (κ3) is 3.48. The van der Waals surface area contributed by atoms with Crippen molar-refractivity contribution < 1.29 is 9.18 Å². The van der Waals surface area contributed by atoms with Crippen LogP contribution < -0.4 is 5.73 Å². The number of nitrogens with two attached hydrogens (primary N) is 1. The number of nitrogen functional groups attached to an aromatic ring is 1. The van der Waals surface area contributed by atoms with Gasteiger partial charge in [-0.25, -0.2) is 4.39 Å². The summed E-state index contributed by atoms with van der Waals surface area (Å²) in [5, 5.41) is 0.420. The predicted molar refractivity (Wildman–Crippen MR) is 78.1 cm³/mol. The SMILES string of the molecule is CN(Cc1ccc(F)cc1)C(=O)c1cc(N)cc(Cl)c1. The third-order valence-electron chi connectivity index (χ3n) is 2.85. The lowest BCUT2D eigenvalue weighted by Gasteiger charge is -2.17. The maximum Gasteiger partial charge on any atom is 0.254 e. The summed E-state index contributed by atoms with van der Waals surface area (Å²) in [5.74, 6) is -0.492. The normalized spacial score (nSPS) is 10.3. The van der Waals surface area contributed by atoms with Crippen LogP contribution in [0.3, 0.4) is 0 Å². The van der Waals surface area contributed by atoms with E-state index in [9.17, 15) is 9.18 Å². The summed E-state index contributed by atoms with van der Waals surface area (Å²) in [6, 6.07) is 10.8. The molecule has 1 amide bonds. The first-order valence-electron chi connectivity index (χ1n) is 6.01. The van der Waals surface area contributed by atoms with Crippen LogP contribution in [0.5, 0.6) is 0 Å². The summed E-state index contributed by atoms with van der Waals surface area (Å²) >= 11 is 5.88. The Morgan fingerprint density at radius 3 is 2.50 bits per heavy atom. The minimum atomic E-state index is -0.301. The number of hydrogen-bond acceptors (Lipinski definition) is 2.